The number of amides is 1. The average molecular weight is 413 g/mol. The van der Waals surface area contributed by atoms with Gasteiger partial charge in [0.1, 0.15) is 5.65 Å². The van der Waals surface area contributed by atoms with Crippen LogP contribution in [0.4, 0.5) is 4.79 Å². The maximum absolute atomic E-state index is 11.7. The molecule has 4 rings (SSSR count). The zero-order chi connectivity index (χ0) is 20.6. The van der Waals surface area contributed by atoms with Crippen LogP contribution in [0.1, 0.15) is 17.8 Å². The second-order valence-corrected chi connectivity index (χ2v) is 8.92. The summed E-state index contributed by atoms with van der Waals surface area (Å²) in [7, 11) is -3.30. The van der Waals surface area contributed by atoms with Gasteiger partial charge in [0.25, 0.3) is 0 Å². The molecule has 3 aromatic heterocycles. The molecule has 1 aliphatic heterocycles. The van der Waals surface area contributed by atoms with Crippen molar-refractivity contribution >= 4 is 32.5 Å². The third kappa shape index (κ3) is 3.97. The van der Waals surface area contributed by atoms with Gasteiger partial charge in [0.05, 0.1) is 35.2 Å². The molecule has 3 aromatic rings. The van der Waals surface area contributed by atoms with Crippen molar-refractivity contribution in [3.8, 4) is 0 Å². The minimum Gasteiger partial charge on any atom is -0.465 e. The maximum Gasteiger partial charge on any atom is 0.407 e. The Labute approximate surface area is 167 Å². The molecule has 0 atom stereocenters. The maximum atomic E-state index is 11.7. The van der Waals surface area contributed by atoms with Gasteiger partial charge in [-0.25, -0.2) is 18.2 Å². The number of carbonyl (C=O) groups is 1. The Morgan fingerprint density at radius 1 is 1.21 bits per heavy atom. The number of nitrogens with zero attached hydrogens (tertiary/aromatic N) is 5. The van der Waals surface area contributed by atoms with Crippen LogP contribution in [0.5, 0.6) is 0 Å². The third-order valence-corrected chi connectivity index (χ3v) is 5.93. The fraction of sp³-hybridized carbons (Fsp3) is 0.263. The quantitative estimate of drug-likeness (QED) is 0.695. The Morgan fingerprint density at radius 2 is 2.03 bits per heavy atom. The molecule has 1 aliphatic rings. The molecule has 150 valence electrons. The van der Waals surface area contributed by atoms with Gasteiger partial charge in [-0.2, -0.15) is 0 Å². The van der Waals surface area contributed by atoms with Gasteiger partial charge in [-0.3, -0.25) is 9.97 Å². The molecule has 10 heteroatoms. The Bertz CT molecular complexity index is 1220. The molecule has 0 aliphatic carbocycles. The normalized spacial score (nSPS) is 14.8. The second-order valence-electron chi connectivity index (χ2n) is 6.90. The summed E-state index contributed by atoms with van der Waals surface area (Å²) in [6.07, 6.45) is 9.29. The van der Waals surface area contributed by atoms with Gasteiger partial charge in [-0.05, 0) is 24.1 Å². The third-order valence-electron chi connectivity index (χ3n) is 4.85. The van der Waals surface area contributed by atoms with Crippen molar-refractivity contribution < 1.29 is 18.3 Å². The zero-order valence-electron chi connectivity index (χ0n) is 15.7. The first-order valence-corrected chi connectivity index (χ1v) is 10.8. The van der Waals surface area contributed by atoms with Crippen molar-refractivity contribution in [1.82, 2.24) is 24.4 Å². The van der Waals surface area contributed by atoms with E-state index in [0.717, 1.165) is 28.6 Å². The largest absolute Gasteiger partial charge is 0.465 e. The highest BCUT2D eigenvalue weighted by Gasteiger charge is 2.17. The van der Waals surface area contributed by atoms with Crippen LogP contribution in [0, 0.1) is 0 Å². The van der Waals surface area contributed by atoms with Crippen molar-refractivity contribution in [2.45, 2.75) is 17.9 Å². The zero-order valence-corrected chi connectivity index (χ0v) is 16.5. The molecule has 0 aromatic carbocycles. The van der Waals surface area contributed by atoms with Crippen LogP contribution >= 0.6 is 0 Å². The summed E-state index contributed by atoms with van der Waals surface area (Å²) in [6, 6.07) is 3.43. The summed E-state index contributed by atoms with van der Waals surface area (Å²) in [5, 5.41) is 9.76. The summed E-state index contributed by atoms with van der Waals surface area (Å²) in [4.78, 5) is 25.8. The van der Waals surface area contributed by atoms with E-state index in [-0.39, 0.29) is 4.90 Å². The molecule has 4 heterocycles. The predicted molar refractivity (Wildman–Crippen MR) is 106 cm³/mol. The summed E-state index contributed by atoms with van der Waals surface area (Å²) in [5.74, 6) is 0. The number of hydrogen-bond acceptors (Lipinski definition) is 6. The Morgan fingerprint density at radius 3 is 2.66 bits per heavy atom. The number of rotatable bonds is 4. The number of aromatic nitrogens is 4. The van der Waals surface area contributed by atoms with E-state index in [1.807, 2.05) is 22.9 Å². The van der Waals surface area contributed by atoms with E-state index < -0.39 is 15.9 Å². The summed E-state index contributed by atoms with van der Waals surface area (Å²) >= 11 is 0. The monoisotopic (exact) mass is 413 g/mol. The lowest BCUT2D eigenvalue weighted by atomic mass is 10.1. The van der Waals surface area contributed by atoms with Crippen LogP contribution < -0.4 is 0 Å². The van der Waals surface area contributed by atoms with Crippen LogP contribution in [0.25, 0.3) is 16.6 Å². The minimum absolute atomic E-state index is 0.189. The fourth-order valence-electron chi connectivity index (χ4n) is 3.24. The van der Waals surface area contributed by atoms with Gasteiger partial charge in [-0.15, -0.1) is 0 Å². The van der Waals surface area contributed by atoms with Crippen molar-refractivity contribution in [3.63, 3.8) is 0 Å². The predicted octanol–water partition coefficient (Wildman–Crippen LogP) is 2.05. The standard InChI is InChI=1S/C19H19N5O4S/c1-29(27,28)16-8-14-4-7-24(18(14)22-10-16)12-15-9-21-17(11-20-15)13-2-5-23(6-3-13)19(25)26/h2,4,7-11H,3,5-6,12H2,1H3,(H,25,26). The van der Waals surface area contributed by atoms with E-state index in [2.05, 4.69) is 15.0 Å². The lowest BCUT2D eigenvalue weighted by Crippen LogP contribution is -2.33. The van der Waals surface area contributed by atoms with Crippen molar-refractivity contribution in [2.24, 2.45) is 0 Å². The highest BCUT2D eigenvalue weighted by Crippen LogP contribution is 2.21. The van der Waals surface area contributed by atoms with E-state index in [4.69, 9.17) is 5.11 Å². The lowest BCUT2D eigenvalue weighted by Gasteiger charge is -2.23. The molecular weight excluding hydrogens is 394 g/mol. The van der Waals surface area contributed by atoms with Crippen molar-refractivity contribution in [3.05, 3.63) is 54.4 Å². The van der Waals surface area contributed by atoms with Crippen molar-refractivity contribution in [2.75, 3.05) is 19.3 Å². The Kier molecular flexibility index (Phi) is 4.79. The van der Waals surface area contributed by atoms with Gasteiger partial charge in [0, 0.05) is 37.1 Å². The number of sulfone groups is 1. The van der Waals surface area contributed by atoms with Crippen LogP contribution in [-0.4, -0.2) is 63.4 Å². The van der Waals surface area contributed by atoms with Gasteiger partial charge in [0.2, 0.25) is 0 Å². The van der Waals surface area contributed by atoms with Crippen LogP contribution in [0.3, 0.4) is 0 Å². The van der Waals surface area contributed by atoms with Gasteiger partial charge in [0.15, 0.2) is 9.84 Å². The van der Waals surface area contributed by atoms with Crippen LogP contribution in [-0.2, 0) is 16.4 Å². The summed E-state index contributed by atoms with van der Waals surface area (Å²) < 4.78 is 25.3. The fourth-order valence-corrected chi connectivity index (χ4v) is 3.83. The van der Waals surface area contributed by atoms with E-state index in [0.29, 0.717) is 31.7 Å². The topological polar surface area (TPSA) is 118 Å². The first kappa shape index (κ1) is 19.1. The molecule has 0 spiro atoms. The van der Waals surface area contributed by atoms with E-state index in [9.17, 15) is 13.2 Å². The van der Waals surface area contributed by atoms with Crippen LogP contribution in [0.2, 0.25) is 0 Å². The highest BCUT2D eigenvalue weighted by atomic mass is 32.2. The molecular formula is C19H19N5O4S. The molecule has 0 unspecified atom stereocenters. The SMILES string of the molecule is CS(=O)(=O)c1cnc2c(ccn2Cc2cnc(C3=CCN(C(=O)O)CC3)cn2)c1. The molecule has 1 N–H and O–H groups in total. The molecule has 29 heavy (non-hydrogen) atoms. The number of hydrogen-bond donors (Lipinski definition) is 1. The van der Waals surface area contributed by atoms with E-state index in [1.165, 1.54) is 11.1 Å². The molecule has 0 fully saturated rings. The smallest absolute Gasteiger partial charge is 0.407 e. The summed E-state index contributed by atoms with van der Waals surface area (Å²) in [6.45, 7) is 1.25. The number of carboxylic acid groups (broad SMARTS) is 1. The van der Waals surface area contributed by atoms with Gasteiger partial charge < -0.3 is 14.6 Å². The Hall–Kier alpha value is -3.27. The lowest BCUT2D eigenvalue weighted by molar-refractivity contribution is 0.150. The van der Waals surface area contributed by atoms with Crippen molar-refractivity contribution in [1.29, 1.82) is 0 Å². The second kappa shape index (κ2) is 7.28. The van der Waals surface area contributed by atoms with E-state index in [1.54, 1.807) is 18.5 Å². The average Bonchev–Trinajstić information content (AvgIpc) is 3.10. The van der Waals surface area contributed by atoms with E-state index >= 15 is 0 Å². The molecule has 0 radical (unpaired) electrons. The van der Waals surface area contributed by atoms with Gasteiger partial charge in [-0.1, -0.05) is 6.08 Å². The first-order valence-electron chi connectivity index (χ1n) is 8.94. The molecule has 1 amide bonds. The number of pyridine rings is 1. The molecule has 0 bridgehead atoms. The Balaban J connectivity index is 1.52. The summed E-state index contributed by atoms with van der Waals surface area (Å²) in [5.41, 5.74) is 3.14. The molecule has 9 nitrogen and oxygen atoms in total. The minimum atomic E-state index is -3.30. The number of fused-ring (bicyclic) bond motifs is 1. The van der Waals surface area contributed by atoms with Gasteiger partial charge >= 0.3 is 6.09 Å². The molecule has 0 saturated heterocycles. The highest BCUT2D eigenvalue weighted by molar-refractivity contribution is 7.90. The van der Waals surface area contributed by atoms with Crippen LogP contribution in [0.15, 0.2) is 47.9 Å². The molecule has 0 saturated carbocycles. The first-order chi connectivity index (χ1) is 13.8.